The number of hydrogen-bond donors (Lipinski definition) is 2. The first-order chi connectivity index (χ1) is 7.66. The van der Waals surface area contributed by atoms with Gasteiger partial charge in [0.05, 0.1) is 0 Å². The van der Waals surface area contributed by atoms with Crippen LogP contribution in [0.4, 0.5) is 5.82 Å². The van der Waals surface area contributed by atoms with Gasteiger partial charge in [0, 0.05) is 25.7 Å². The largest absolute Gasteiger partial charge is 0.480 e. The molecule has 7 heteroatoms. The number of piperazine rings is 1. The van der Waals surface area contributed by atoms with Gasteiger partial charge in [0.15, 0.2) is 0 Å². The van der Waals surface area contributed by atoms with Gasteiger partial charge >= 0.3 is 5.97 Å². The number of anilines is 1. The van der Waals surface area contributed by atoms with Gasteiger partial charge < -0.3 is 15.3 Å². The summed E-state index contributed by atoms with van der Waals surface area (Å²) in [5.41, 5.74) is 0. The van der Waals surface area contributed by atoms with Crippen molar-refractivity contribution in [2.45, 2.75) is 6.04 Å². The topological polar surface area (TPSA) is 78.3 Å². The van der Waals surface area contributed by atoms with E-state index in [0.29, 0.717) is 30.6 Å². The van der Waals surface area contributed by atoms with Gasteiger partial charge in [-0.15, -0.1) is 0 Å². The number of carboxylic acids is 1. The average Bonchev–Trinajstić information content (AvgIpc) is 2.29. The van der Waals surface area contributed by atoms with Crippen LogP contribution in [0.1, 0.15) is 0 Å². The molecule has 0 aliphatic carbocycles. The lowest BCUT2D eigenvalue weighted by Crippen LogP contribution is -2.54. The molecule has 0 bridgehead atoms. The first-order valence-corrected chi connectivity index (χ1v) is 5.23. The van der Waals surface area contributed by atoms with E-state index in [4.69, 9.17) is 16.7 Å². The number of carbonyl (C=O) groups is 1. The second-order valence-corrected chi connectivity index (χ2v) is 3.88. The third kappa shape index (κ3) is 2.40. The van der Waals surface area contributed by atoms with Crippen LogP contribution in [0.3, 0.4) is 0 Å². The summed E-state index contributed by atoms with van der Waals surface area (Å²) in [6.45, 7) is 1.69. The van der Waals surface area contributed by atoms with Gasteiger partial charge in [0.2, 0.25) is 0 Å². The molecule has 2 heterocycles. The third-order valence-corrected chi connectivity index (χ3v) is 2.62. The minimum absolute atomic E-state index is 0.357. The number of aliphatic carboxylic acids is 1. The molecule has 1 aliphatic rings. The second-order valence-electron chi connectivity index (χ2n) is 3.49. The molecule has 1 fully saturated rings. The number of hydrogen-bond acceptors (Lipinski definition) is 5. The smallest absolute Gasteiger partial charge is 0.322 e. The van der Waals surface area contributed by atoms with Gasteiger partial charge in [0.25, 0.3) is 0 Å². The molecule has 0 aromatic carbocycles. The summed E-state index contributed by atoms with van der Waals surface area (Å²) in [6.07, 6.45) is 1.37. The average molecular weight is 243 g/mol. The minimum Gasteiger partial charge on any atom is -0.480 e. The molecule has 0 radical (unpaired) electrons. The SMILES string of the molecule is O=C(O)[C@@H]1CN(c2cc(Cl)ncn2)CCN1. The summed E-state index contributed by atoms with van der Waals surface area (Å²) < 4.78 is 0. The molecule has 86 valence electrons. The van der Waals surface area contributed by atoms with Crippen molar-refractivity contribution in [1.29, 1.82) is 0 Å². The Hall–Kier alpha value is -1.40. The Bertz CT molecular complexity index is 401. The van der Waals surface area contributed by atoms with Crippen LogP contribution >= 0.6 is 11.6 Å². The molecule has 1 aliphatic heterocycles. The molecular weight excluding hydrogens is 232 g/mol. The highest BCUT2D eigenvalue weighted by atomic mass is 35.5. The van der Waals surface area contributed by atoms with Crippen LogP contribution in [0, 0.1) is 0 Å². The van der Waals surface area contributed by atoms with E-state index < -0.39 is 12.0 Å². The molecule has 0 amide bonds. The molecule has 1 aromatic heterocycles. The Morgan fingerprint density at radius 2 is 2.44 bits per heavy atom. The van der Waals surface area contributed by atoms with Crippen LogP contribution in [0.5, 0.6) is 0 Å². The normalized spacial score (nSPS) is 20.8. The molecule has 1 atom stereocenters. The molecule has 2 N–H and O–H groups in total. The zero-order valence-electron chi connectivity index (χ0n) is 8.43. The lowest BCUT2D eigenvalue weighted by Gasteiger charge is -2.32. The van der Waals surface area contributed by atoms with Gasteiger partial charge in [-0.25, -0.2) is 9.97 Å². The van der Waals surface area contributed by atoms with Crippen LogP contribution in [-0.2, 0) is 4.79 Å². The summed E-state index contributed by atoms with van der Waals surface area (Å²) in [6, 6.07) is 1.06. The first kappa shape index (κ1) is 11.1. The van der Waals surface area contributed by atoms with Gasteiger partial charge in [-0.2, -0.15) is 0 Å². The zero-order valence-corrected chi connectivity index (χ0v) is 9.18. The molecular formula is C9H11ClN4O2. The maximum atomic E-state index is 10.9. The summed E-state index contributed by atoms with van der Waals surface area (Å²) in [7, 11) is 0. The Labute approximate surface area is 97.3 Å². The predicted octanol–water partition coefficient (Wildman–Crippen LogP) is -0.00720. The Balaban J connectivity index is 2.12. The van der Waals surface area contributed by atoms with Crippen LogP contribution < -0.4 is 10.2 Å². The molecule has 1 saturated heterocycles. The van der Waals surface area contributed by atoms with Crippen molar-refractivity contribution < 1.29 is 9.90 Å². The molecule has 0 unspecified atom stereocenters. The number of rotatable bonds is 2. The van der Waals surface area contributed by atoms with Crippen molar-refractivity contribution in [3.05, 3.63) is 17.5 Å². The predicted molar refractivity (Wildman–Crippen MR) is 58.7 cm³/mol. The minimum atomic E-state index is -0.857. The third-order valence-electron chi connectivity index (χ3n) is 2.42. The standard InChI is InChI=1S/C9H11ClN4O2/c10-7-3-8(13-5-12-7)14-2-1-11-6(4-14)9(15)16/h3,5-6,11H,1-2,4H2,(H,15,16)/t6-/m0/s1. The highest BCUT2D eigenvalue weighted by molar-refractivity contribution is 6.29. The van der Waals surface area contributed by atoms with Crippen molar-refractivity contribution in [1.82, 2.24) is 15.3 Å². The number of nitrogens with one attached hydrogen (secondary N) is 1. The van der Waals surface area contributed by atoms with E-state index in [0.717, 1.165) is 0 Å². The molecule has 1 aromatic rings. The molecule has 0 saturated carbocycles. The maximum Gasteiger partial charge on any atom is 0.322 e. The second kappa shape index (κ2) is 4.63. The van der Waals surface area contributed by atoms with Crippen molar-refractivity contribution in [2.24, 2.45) is 0 Å². The zero-order chi connectivity index (χ0) is 11.5. The number of halogens is 1. The molecule has 0 spiro atoms. The van der Waals surface area contributed by atoms with Crippen molar-refractivity contribution in [3.63, 3.8) is 0 Å². The van der Waals surface area contributed by atoms with Gasteiger partial charge in [-0.3, -0.25) is 4.79 Å². The van der Waals surface area contributed by atoms with E-state index in [2.05, 4.69) is 15.3 Å². The van der Waals surface area contributed by atoms with Crippen LogP contribution in [-0.4, -0.2) is 46.7 Å². The highest BCUT2D eigenvalue weighted by Crippen LogP contribution is 2.15. The first-order valence-electron chi connectivity index (χ1n) is 4.85. The van der Waals surface area contributed by atoms with Crippen LogP contribution in [0.25, 0.3) is 0 Å². The van der Waals surface area contributed by atoms with Gasteiger partial charge in [-0.05, 0) is 0 Å². The Morgan fingerprint density at radius 3 is 3.12 bits per heavy atom. The van der Waals surface area contributed by atoms with E-state index in [-0.39, 0.29) is 0 Å². The van der Waals surface area contributed by atoms with Gasteiger partial charge in [-0.1, -0.05) is 11.6 Å². The lowest BCUT2D eigenvalue weighted by molar-refractivity contribution is -0.139. The lowest BCUT2D eigenvalue weighted by atomic mass is 10.2. The monoisotopic (exact) mass is 242 g/mol. The number of aromatic nitrogens is 2. The van der Waals surface area contributed by atoms with Crippen LogP contribution in [0.2, 0.25) is 5.15 Å². The fraction of sp³-hybridized carbons (Fsp3) is 0.444. The van der Waals surface area contributed by atoms with Crippen molar-refractivity contribution in [2.75, 3.05) is 24.5 Å². The van der Waals surface area contributed by atoms with E-state index in [1.807, 2.05) is 4.90 Å². The Morgan fingerprint density at radius 1 is 1.62 bits per heavy atom. The molecule has 16 heavy (non-hydrogen) atoms. The van der Waals surface area contributed by atoms with Gasteiger partial charge in [0.1, 0.15) is 23.3 Å². The summed E-state index contributed by atoms with van der Waals surface area (Å²) in [5.74, 6) is -0.197. The van der Waals surface area contributed by atoms with Crippen molar-refractivity contribution >= 4 is 23.4 Å². The summed E-state index contributed by atoms with van der Waals surface area (Å²) in [4.78, 5) is 20.6. The fourth-order valence-electron chi connectivity index (χ4n) is 1.62. The van der Waals surface area contributed by atoms with Crippen molar-refractivity contribution in [3.8, 4) is 0 Å². The van der Waals surface area contributed by atoms with E-state index in [1.54, 1.807) is 6.07 Å². The number of nitrogens with zero attached hydrogens (tertiary/aromatic N) is 3. The van der Waals surface area contributed by atoms with E-state index in [1.165, 1.54) is 6.33 Å². The van der Waals surface area contributed by atoms with E-state index >= 15 is 0 Å². The maximum absolute atomic E-state index is 10.9. The summed E-state index contributed by atoms with van der Waals surface area (Å²) in [5, 5.41) is 12.2. The fourth-order valence-corrected chi connectivity index (χ4v) is 1.76. The highest BCUT2D eigenvalue weighted by Gasteiger charge is 2.25. The Kier molecular flexibility index (Phi) is 3.21. The molecule has 6 nitrogen and oxygen atoms in total. The quantitative estimate of drug-likeness (QED) is 0.711. The number of carboxylic acid groups (broad SMARTS) is 1. The summed E-state index contributed by atoms with van der Waals surface area (Å²) >= 11 is 5.75. The van der Waals surface area contributed by atoms with E-state index in [9.17, 15) is 4.79 Å². The molecule has 2 rings (SSSR count). The van der Waals surface area contributed by atoms with Crippen LogP contribution in [0.15, 0.2) is 12.4 Å².